The van der Waals surface area contributed by atoms with Gasteiger partial charge in [-0.25, -0.2) is 13.1 Å². The molecule has 2 aliphatic rings. The van der Waals surface area contributed by atoms with Gasteiger partial charge in [0.05, 0.1) is 13.2 Å². The summed E-state index contributed by atoms with van der Waals surface area (Å²) in [6, 6.07) is 4.68. The number of ether oxygens (including phenoxy) is 2. The van der Waals surface area contributed by atoms with Crippen molar-refractivity contribution in [3.8, 4) is 5.75 Å². The first-order valence-electron chi connectivity index (χ1n) is 8.68. The summed E-state index contributed by atoms with van der Waals surface area (Å²) in [6.45, 7) is 2.07. The summed E-state index contributed by atoms with van der Waals surface area (Å²) in [7, 11) is -3.78. The van der Waals surface area contributed by atoms with Gasteiger partial charge in [-0.1, -0.05) is 24.4 Å². The van der Waals surface area contributed by atoms with E-state index in [2.05, 4.69) is 4.72 Å². The number of hydrogen-bond donors (Lipinski definition) is 2. The number of benzene rings is 1. The average Bonchev–Trinajstić information content (AvgIpc) is 3.25. The number of rotatable bonds is 7. The standard InChI is InChI=1S/C17H25ClN2O4S/c18-14-3-4-15(24-11-13-5-8-23-10-13)16(9-14)25(21,22)20-17(12-19)6-1-2-7-17/h3-4,9,13,20H,1-2,5-8,10-12,19H2. The van der Waals surface area contributed by atoms with Crippen molar-refractivity contribution in [3.63, 3.8) is 0 Å². The van der Waals surface area contributed by atoms with Crippen LogP contribution in [0.3, 0.4) is 0 Å². The Hall–Kier alpha value is -0.860. The Kier molecular flexibility index (Phi) is 5.90. The molecule has 0 spiro atoms. The zero-order valence-electron chi connectivity index (χ0n) is 14.2. The molecule has 1 saturated heterocycles. The molecule has 1 aliphatic heterocycles. The highest BCUT2D eigenvalue weighted by Crippen LogP contribution is 2.33. The van der Waals surface area contributed by atoms with Crippen molar-refractivity contribution in [3.05, 3.63) is 23.2 Å². The van der Waals surface area contributed by atoms with Gasteiger partial charge in [0.1, 0.15) is 10.6 Å². The van der Waals surface area contributed by atoms with Gasteiger partial charge in [0.15, 0.2) is 0 Å². The third-order valence-electron chi connectivity index (χ3n) is 5.00. The molecule has 1 unspecified atom stereocenters. The van der Waals surface area contributed by atoms with Gasteiger partial charge in [0.25, 0.3) is 0 Å². The second-order valence-electron chi connectivity index (χ2n) is 6.93. The Morgan fingerprint density at radius 2 is 2.12 bits per heavy atom. The Bertz CT molecular complexity index is 699. The van der Waals surface area contributed by atoms with Crippen LogP contribution in [0, 0.1) is 5.92 Å². The molecule has 1 aliphatic carbocycles. The lowest BCUT2D eigenvalue weighted by Gasteiger charge is -2.28. The van der Waals surface area contributed by atoms with Crippen molar-refractivity contribution < 1.29 is 17.9 Å². The second-order valence-corrected chi connectivity index (χ2v) is 9.02. The van der Waals surface area contributed by atoms with E-state index in [1.165, 1.54) is 6.07 Å². The number of sulfonamides is 1. The summed E-state index contributed by atoms with van der Waals surface area (Å²) in [4.78, 5) is 0.0682. The zero-order chi connectivity index (χ0) is 17.9. The monoisotopic (exact) mass is 388 g/mol. The summed E-state index contributed by atoms with van der Waals surface area (Å²) in [6.07, 6.45) is 4.36. The minimum Gasteiger partial charge on any atom is -0.492 e. The van der Waals surface area contributed by atoms with Crippen molar-refractivity contribution in [2.45, 2.75) is 42.5 Å². The average molecular weight is 389 g/mol. The Labute approximate surface area is 154 Å². The highest BCUT2D eigenvalue weighted by atomic mass is 35.5. The van der Waals surface area contributed by atoms with Crippen molar-refractivity contribution in [2.24, 2.45) is 11.7 Å². The summed E-state index contributed by atoms with van der Waals surface area (Å²) in [5, 5.41) is 0.352. The maximum absolute atomic E-state index is 13.0. The molecule has 0 radical (unpaired) electrons. The molecule has 25 heavy (non-hydrogen) atoms. The number of halogens is 1. The molecule has 1 heterocycles. The van der Waals surface area contributed by atoms with Gasteiger partial charge in [-0.05, 0) is 37.5 Å². The topological polar surface area (TPSA) is 90.7 Å². The predicted molar refractivity (Wildman–Crippen MR) is 96.4 cm³/mol. The molecule has 1 aromatic rings. The van der Waals surface area contributed by atoms with Gasteiger partial charge in [-0.2, -0.15) is 0 Å². The van der Waals surface area contributed by atoms with Gasteiger partial charge >= 0.3 is 0 Å². The van der Waals surface area contributed by atoms with Crippen LogP contribution in [0.5, 0.6) is 5.75 Å². The summed E-state index contributed by atoms with van der Waals surface area (Å²) >= 11 is 6.04. The number of hydrogen-bond acceptors (Lipinski definition) is 5. The lowest BCUT2D eigenvalue weighted by molar-refractivity contribution is 0.166. The van der Waals surface area contributed by atoms with Crippen LogP contribution < -0.4 is 15.2 Å². The third kappa shape index (κ3) is 4.46. The van der Waals surface area contributed by atoms with Crippen molar-refractivity contribution in [1.82, 2.24) is 4.72 Å². The highest BCUT2D eigenvalue weighted by molar-refractivity contribution is 7.89. The van der Waals surface area contributed by atoms with E-state index in [0.717, 1.165) is 38.7 Å². The van der Waals surface area contributed by atoms with Crippen LogP contribution in [0.15, 0.2) is 23.1 Å². The van der Waals surface area contributed by atoms with Crippen molar-refractivity contribution in [2.75, 3.05) is 26.4 Å². The zero-order valence-corrected chi connectivity index (χ0v) is 15.7. The molecule has 0 amide bonds. The summed E-state index contributed by atoms with van der Waals surface area (Å²) in [5.41, 5.74) is 5.29. The van der Waals surface area contributed by atoms with E-state index in [4.69, 9.17) is 26.8 Å². The highest BCUT2D eigenvalue weighted by Gasteiger charge is 2.37. The van der Waals surface area contributed by atoms with Gasteiger partial charge < -0.3 is 15.2 Å². The molecular formula is C17H25ClN2O4S. The molecule has 1 saturated carbocycles. The van der Waals surface area contributed by atoms with E-state index in [1.54, 1.807) is 12.1 Å². The van der Waals surface area contributed by atoms with Crippen LogP contribution in [0.2, 0.25) is 5.02 Å². The van der Waals surface area contributed by atoms with Gasteiger partial charge in [-0.15, -0.1) is 0 Å². The minimum absolute atomic E-state index is 0.0682. The number of nitrogens with two attached hydrogens (primary N) is 1. The fraction of sp³-hybridized carbons (Fsp3) is 0.647. The van der Waals surface area contributed by atoms with Gasteiger partial charge in [-0.3, -0.25) is 0 Å². The fourth-order valence-electron chi connectivity index (χ4n) is 3.47. The molecule has 3 rings (SSSR count). The molecule has 8 heteroatoms. The maximum Gasteiger partial charge on any atom is 0.244 e. The van der Waals surface area contributed by atoms with E-state index in [-0.39, 0.29) is 17.4 Å². The molecule has 1 aromatic carbocycles. The van der Waals surface area contributed by atoms with Crippen LogP contribution in [-0.2, 0) is 14.8 Å². The van der Waals surface area contributed by atoms with Crippen LogP contribution in [-0.4, -0.2) is 40.3 Å². The van der Waals surface area contributed by atoms with Crippen molar-refractivity contribution >= 4 is 21.6 Å². The molecule has 6 nitrogen and oxygen atoms in total. The molecule has 0 bridgehead atoms. The Morgan fingerprint density at radius 1 is 1.36 bits per heavy atom. The summed E-state index contributed by atoms with van der Waals surface area (Å²) in [5.74, 6) is 0.596. The van der Waals surface area contributed by atoms with Crippen molar-refractivity contribution in [1.29, 1.82) is 0 Å². The largest absolute Gasteiger partial charge is 0.492 e. The molecule has 2 fully saturated rings. The quantitative estimate of drug-likeness (QED) is 0.747. The third-order valence-corrected chi connectivity index (χ3v) is 6.83. The smallest absolute Gasteiger partial charge is 0.244 e. The predicted octanol–water partition coefficient (Wildman–Crippen LogP) is 2.31. The van der Waals surface area contributed by atoms with E-state index in [0.29, 0.717) is 24.0 Å². The minimum atomic E-state index is -3.78. The maximum atomic E-state index is 13.0. The Morgan fingerprint density at radius 3 is 2.76 bits per heavy atom. The first-order chi connectivity index (χ1) is 11.9. The lowest BCUT2D eigenvalue weighted by atomic mass is 10.0. The molecule has 140 valence electrons. The van der Waals surface area contributed by atoms with Crippen LogP contribution in [0.4, 0.5) is 0 Å². The summed E-state index contributed by atoms with van der Waals surface area (Å²) < 4.78 is 39.9. The SMILES string of the molecule is NCC1(NS(=O)(=O)c2cc(Cl)ccc2OCC2CCOC2)CCCC1. The van der Waals surface area contributed by atoms with Crippen LogP contribution in [0.25, 0.3) is 0 Å². The second kappa shape index (κ2) is 7.80. The van der Waals surface area contributed by atoms with E-state index in [1.807, 2.05) is 0 Å². The fourth-order valence-corrected chi connectivity index (χ4v) is 5.35. The number of nitrogens with one attached hydrogen (secondary N) is 1. The molecule has 0 aromatic heterocycles. The Balaban J connectivity index is 1.82. The first kappa shape index (κ1) is 18.9. The molecular weight excluding hydrogens is 364 g/mol. The lowest BCUT2D eigenvalue weighted by Crippen LogP contribution is -2.51. The molecule has 3 N–H and O–H groups in total. The van der Waals surface area contributed by atoms with E-state index in [9.17, 15) is 8.42 Å². The van der Waals surface area contributed by atoms with Crippen LogP contribution >= 0.6 is 11.6 Å². The van der Waals surface area contributed by atoms with Gasteiger partial charge in [0.2, 0.25) is 10.0 Å². The van der Waals surface area contributed by atoms with E-state index >= 15 is 0 Å². The molecule has 1 atom stereocenters. The first-order valence-corrected chi connectivity index (χ1v) is 10.5. The van der Waals surface area contributed by atoms with Crippen LogP contribution in [0.1, 0.15) is 32.1 Å². The van der Waals surface area contributed by atoms with E-state index < -0.39 is 15.6 Å². The normalized spacial score (nSPS) is 23.0. The van der Waals surface area contributed by atoms with Gasteiger partial charge in [0, 0.05) is 29.6 Å².